The molecule has 1 saturated heterocycles. The Kier molecular flexibility index (Phi) is 71.6. The van der Waals surface area contributed by atoms with Crippen molar-refractivity contribution in [3.8, 4) is 0 Å². The van der Waals surface area contributed by atoms with Crippen LogP contribution in [0.15, 0.2) is 54.6 Å². The van der Waals surface area contributed by atoms with Gasteiger partial charge in [0.2, 0.25) is 12.4 Å². The van der Waals surface area contributed by atoms with E-state index in [1.165, 1.54) is 13.8 Å². The molecule has 1 amide bonds. The van der Waals surface area contributed by atoms with E-state index >= 15 is 0 Å². The largest absolute Gasteiger partial charge is 0.463 e. The van der Waals surface area contributed by atoms with Gasteiger partial charge in [-0.3, -0.25) is 24.0 Å². The lowest BCUT2D eigenvalue weighted by molar-refractivity contribution is -0.908. The molecule has 2 aromatic carbocycles. The minimum Gasteiger partial charge on any atom is -0.463 e. The van der Waals surface area contributed by atoms with Crippen molar-refractivity contribution in [2.75, 3.05) is 6.61 Å². The molecule has 0 saturated carbocycles. The van der Waals surface area contributed by atoms with Crippen molar-refractivity contribution in [1.29, 1.82) is 0 Å². The van der Waals surface area contributed by atoms with Crippen LogP contribution in [-0.2, 0) is 351 Å². The molecule has 0 bridgehead atoms. The molecular formula is C36H51NO75. The van der Waals surface area contributed by atoms with Gasteiger partial charge in [0.25, 0.3) is 5.91 Å². The summed E-state index contributed by atoms with van der Waals surface area (Å²) in [6, 6.07) is 14.7. The molecule has 112 heavy (non-hydrogen) atoms. The van der Waals surface area contributed by atoms with Gasteiger partial charge in [0.15, 0.2) is 0 Å². The van der Waals surface area contributed by atoms with Crippen LogP contribution < -0.4 is 5.32 Å². The summed E-state index contributed by atoms with van der Waals surface area (Å²) < 4.78 is 27.9. The van der Waals surface area contributed by atoms with Crippen LogP contribution in [0, 0.1) is 11.8 Å². The normalized spacial score (nSPS) is 15.7. The molecule has 0 spiro atoms. The molecule has 76 heteroatoms. The first-order valence-electron chi connectivity index (χ1n) is 26.2. The second-order valence-electron chi connectivity index (χ2n) is 16.4. The van der Waals surface area contributed by atoms with Gasteiger partial charge in [0.05, 0.1) is 12.0 Å². The molecule has 650 valence electrons. The Morgan fingerprint density at radius 3 is 0.938 bits per heavy atom. The second kappa shape index (κ2) is 76.5. The predicted octanol–water partition coefficient (Wildman–Crippen LogP) is 0.221. The monoisotopic (exact) mass is 1700 g/mol. The highest BCUT2D eigenvalue weighted by molar-refractivity contribution is 5.87. The number of benzene rings is 2. The van der Waals surface area contributed by atoms with E-state index in [4.69, 9.17) is 55.2 Å². The second-order valence-corrected chi connectivity index (χ2v) is 16.4. The maximum absolute atomic E-state index is 14.1. The molecule has 7 atom stereocenters. The van der Waals surface area contributed by atoms with Gasteiger partial charge in [-0.15, -0.1) is 0 Å². The van der Waals surface area contributed by atoms with Gasteiger partial charge in [-0.2, -0.15) is 0 Å². The lowest BCUT2D eigenvalue weighted by Crippen LogP contribution is -2.64. The summed E-state index contributed by atoms with van der Waals surface area (Å²) >= 11 is 0. The van der Waals surface area contributed by atoms with Gasteiger partial charge in [-0.1, -0.05) is 73.5 Å². The van der Waals surface area contributed by atoms with Gasteiger partial charge >= 0.3 is 23.9 Å². The molecular weight excluding hydrogens is 1650 g/mol. The highest BCUT2D eigenvalue weighted by Crippen LogP contribution is 2.34. The first-order chi connectivity index (χ1) is 54.4. The van der Waals surface area contributed by atoms with Gasteiger partial charge in [-0.05, 0) is 199 Å². The molecule has 7 N–H and O–H groups in total. The highest BCUT2D eigenvalue weighted by Gasteiger charge is 2.51. The van der Waals surface area contributed by atoms with Gasteiger partial charge in [-0.25, -0.2) is 31.5 Å². The number of carbonyl (C=O) groups is 6. The minimum atomic E-state index is -1.49. The molecule has 1 fully saturated rings. The zero-order valence-corrected chi connectivity index (χ0v) is 54.8. The highest BCUT2D eigenvalue weighted by atomic mass is 18.0. The Morgan fingerprint density at radius 2 is 0.679 bits per heavy atom. The van der Waals surface area contributed by atoms with Crippen molar-refractivity contribution in [2.24, 2.45) is 11.8 Å². The third-order valence-electron chi connectivity index (χ3n) is 9.31. The van der Waals surface area contributed by atoms with Crippen molar-refractivity contribution < 1.29 is 376 Å². The summed E-state index contributed by atoms with van der Waals surface area (Å²) in [6.45, 7) is 10.3. The summed E-state index contributed by atoms with van der Waals surface area (Å²) in [7, 11) is 0. The number of ether oxygens (including phenoxy) is 5. The topological polar surface area (TPSA) is 817 Å². The molecule has 2 unspecified atom stereocenters. The van der Waals surface area contributed by atoms with E-state index < -0.39 is 72.3 Å². The molecule has 1 heterocycles. The van der Waals surface area contributed by atoms with E-state index in [0.717, 1.165) is 25.8 Å². The third-order valence-corrected chi connectivity index (χ3v) is 9.31. The number of Topliss-reactive ketones (excluding diaryl/α,β-unsaturated/α-hetero) is 1. The quantitative estimate of drug-likeness (QED) is 0.0153. The first-order valence-corrected chi connectivity index (χ1v) is 26.2. The number of esters is 4. The lowest BCUT2D eigenvalue weighted by Gasteiger charge is -2.45. The summed E-state index contributed by atoms with van der Waals surface area (Å²) in [5, 5.41) is 242. The Balaban J connectivity index is 0.00000172. The number of amides is 1. The molecule has 2 aromatic rings. The number of rotatable bonds is 69. The number of hydrogen-bond acceptors (Lipinski definition) is 75. The smallest absolute Gasteiger partial charge is 0.314 e. The molecule has 1 aliphatic rings. The SMILES string of the molecule is CC(=O)C[C@@H]1[C@@H](NC(=O)C(OC(=O)C(C)c2ccc(CC(C)C)cc2)c2ccccc2)[C@H](OC(C)=O)O[C@H](COC(C)=O)[C@H]1OC(C)=O.OOO.OOOOOOOOOOOOOOOOOOOOOO.OOOOOOOOOOOOOOOOOOOOOOOOOOOOOOOOOOOOOOO. The Morgan fingerprint density at radius 1 is 0.384 bits per heavy atom. The number of hydrogen-bond donors (Lipinski definition) is 7. The Bertz CT molecular complexity index is 2440. The van der Waals surface area contributed by atoms with Crippen LogP contribution in [0.25, 0.3) is 0 Å². The fourth-order valence-corrected chi connectivity index (χ4v) is 6.23. The van der Waals surface area contributed by atoms with Crippen molar-refractivity contribution >= 4 is 35.6 Å². The van der Waals surface area contributed by atoms with E-state index in [0.29, 0.717) is 17.0 Å². The summed E-state index contributed by atoms with van der Waals surface area (Å²) in [6.07, 6.45) is -4.63. The van der Waals surface area contributed by atoms with E-state index in [1.807, 2.05) is 24.3 Å². The van der Waals surface area contributed by atoms with Gasteiger partial charge in [0.1, 0.15) is 24.6 Å². The zero-order valence-electron chi connectivity index (χ0n) is 54.8. The fourth-order valence-electron chi connectivity index (χ4n) is 6.23. The average Bonchev–Trinajstić information content (AvgIpc) is 0.776. The van der Waals surface area contributed by atoms with Gasteiger partial charge in [0, 0.05) is 165 Å². The zero-order chi connectivity index (χ0) is 82.6. The minimum absolute atomic E-state index is 0.236. The molecule has 3 rings (SSSR count). The van der Waals surface area contributed by atoms with E-state index in [9.17, 15) is 28.8 Å². The summed E-state index contributed by atoms with van der Waals surface area (Å²) in [5.41, 5.74) is 2.20. The van der Waals surface area contributed by atoms with Crippen molar-refractivity contribution in [3.05, 3.63) is 71.3 Å². The van der Waals surface area contributed by atoms with Crippen LogP contribution in [0.1, 0.15) is 83.6 Å². The van der Waals surface area contributed by atoms with E-state index in [-0.39, 0.29) is 18.8 Å². The van der Waals surface area contributed by atoms with Crippen LogP contribution in [-0.4, -0.2) is 98.3 Å². The number of ketones is 1. The third kappa shape index (κ3) is 62.3. The summed E-state index contributed by atoms with van der Waals surface area (Å²) in [4.78, 5) is 76.1. The Hall–Kier alpha value is -7.14. The van der Waals surface area contributed by atoms with Crippen LogP contribution in [0.5, 0.6) is 0 Å². The van der Waals surface area contributed by atoms with E-state index in [1.54, 1.807) is 37.3 Å². The molecule has 1 aliphatic heterocycles. The lowest BCUT2D eigenvalue weighted by atomic mass is 9.83. The standard InChI is InChI=1S/C36H45NO11.H2O39.H2O22.H2O3/c1-20(2)17-26-13-15-27(16-14-26)22(4)35(43)48-32(28-11-9-8-10-12-28)34(42)37-31-29(18-21(3)38)33(45-24(6)40)30(19-44-23(5)39)47-36(31)46-25(7)41;1-3-5-7-9-11-13-15-17-19-21-23-25-27-29-31-33-35-37-39-38-36-34-32-30-28-26-24-22-20-18-16-14-12-10-8-6-4-2;1-3-5-7-9-11-13-15-17-19-21-22-20-18-16-14-12-10-8-6-4-2;1-3-2/h8-16,20,22,29-33,36H,17-19H2,1-7H3,(H,37,42);1-2H;1-2H;1-2H/t22?,29-,30-,31-,32?,33+,36-;;;/m1.../s1. The fraction of sp³-hybridized carbons (Fsp3) is 0.500. The summed E-state index contributed by atoms with van der Waals surface area (Å²) in [5.74, 6) is -5.16. The maximum Gasteiger partial charge on any atom is 0.314 e. The number of nitrogens with one attached hydrogen (secondary N) is 1. The van der Waals surface area contributed by atoms with E-state index in [2.05, 4.69) is 311 Å². The maximum atomic E-state index is 14.1. The van der Waals surface area contributed by atoms with Crippen LogP contribution >= 0.6 is 0 Å². The predicted molar refractivity (Wildman–Crippen MR) is 251 cm³/mol. The molecule has 0 radical (unpaired) electrons. The van der Waals surface area contributed by atoms with Crippen LogP contribution in [0.2, 0.25) is 0 Å². The number of carbonyl (C=O) groups excluding carboxylic acids is 6. The van der Waals surface area contributed by atoms with Crippen LogP contribution in [0.3, 0.4) is 0 Å². The van der Waals surface area contributed by atoms with Gasteiger partial charge < -0.3 is 33.8 Å². The van der Waals surface area contributed by atoms with Crippen molar-refractivity contribution in [2.45, 2.75) is 97.9 Å². The molecule has 0 aromatic heterocycles. The molecule has 0 aliphatic carbocycles. The van der Waals surface area contributed by atoms with Crippen molar-refractivity contribution in [3.63, 3.8) is 0 Å². The first kappa shape index (κ1) is 105. The molecule has 76 nitrogen and oxygen atoms in total. The Labute approximate surface area is 604 Å². The van der Waals surface area contributed by atoms with Crippen molar-refractivity contribution in [1.82, 2.24) is 5.32 Å². The average molecular weight is 1700 g/mol. The van der Waals surface area contributed by atoms with Crippen LogP contribution in [0.4, 0.5) is 0 Å².